The van der Waals surface area contributed by atoms with Gasteiger partial charge in [0.15, 0.2) is 0 Å². The second-order valence-electron chi connectivity index (χ2n) is 3.62. The third kappa shape index (κ3) is 1.41. The Morgan fingerprint density at radius 2 is 2.12 bits per heavy atom. The minimum absolute atomic E-state index is 0.0833. The van der Waals surface area contributed by atoms with Crippen LogP contribution in [0, 0.1) is 10.1 Å². The standard InChI is InChI=1S/C11H6BrN3O2/c12-7-1-2-8-10(11(7)15(16)17)6-3-4-13-5-9(6)14-8/h1-5,14H. The third-order valence-electron chi connectivity index (χ3n) is 2.67. The monoisotopic (exact) mass is 291 g/mol. The molecule has 0 bridgehead atoms. The van der Waals surface area contributed by atoms with Gasteiger partial charge in [0.25, 0.3) is 5.69 Å². The Hall–Kier alpha value is -1.95. The number of rotatable bonds is 1. The van der Waals surface area contributed by atoms with Gasteiger partial charge in [0.1, 0.15) is 0 Å². The highest BCUT2D eigenvalue weighted by Crippen LogP contribution is 2.37. The van der Waals surface area contributed by atoms with Crippen molar-refractivity contribution in [1.82, 2.24) is 9.97 Å². The average molecular weight is 292 g/mol. The van der Waals surface area contributed by atoms with E-state index in [1.807, 2.05) is 6.07 Å². The van der Waals surface area contributed by atoms with E-state index in [4.69, 9.17) is 0 Å². The van der Waals surface area contributed by atoms with Crippen molar-refractivity contribution >= 4 is 43.4 Å². The number of benzene rings is 1. The van der Waals surface area contributed by atoms with Gasteiger partial charge < -0.3 is 4.98 Å². The SMILES string of the molecule is O=[N+]([O-])c1c(Br)ccc2[nH]c3cnccc3c12. The number of H-pyrrole nitrogens is 1. The summed E-state index contributed by atoms with van der Waals surface area (Å²) in [6.07, 6.45) is 3.28. The summed E-state index contributed by atoms with van der Waals surface area (Å²) in [6.45, 7) is 0. The quantitative estimate of drug-likeness (QED) is 0.552. The van der Waals surface area contributed by atoms with E-state index in [9.17, 15) is 10.1 Å². The topological polar surface area (TPSA) is 71.8 Å². The van der Waals surface area contributed by atoms with E-state index < -0.39 is 0 Å². The number of nitrogens with one attached hydrogen (secondary N) is 1. The summed E-state index contributed by atoms with van der Waals surface area (Å²) in [7, 11) is 0. The summed E-state index contributed by atoms with van der Waals surface area (Å²) in [5.41, 5.74) is 1.62. The van der Waals surface area contributed by atoms with Crippen molar-refractivity contribution in [3.63, 3.8) is 0 Å². The summed E-state index contributed by atoms with van der Waals surface area (Å²) < 4.78 is 0.479. The first kappa shape index (κ1) is 10.2. The van der Waals surface area contributed by atoms with Crippen molar-refractivity contribution in [2.45, 2.75) is 0 Å². The van der Waals surface area contributed by atoms with Crippen molar-refractivity contribution in [3.05, 3.63) is 45.2 Å². The molecule has 6 heteroatoms. The lowest BCUT2D eigenvalue weighted by Crippen LogP contribution is -1.90. The summed E-state index contributed by atoms with van der Waals surface area (Å²) in [6, 6.07) is 5.25. The minimum atomic E-state index is -0.375. The Kier molecular flexibility index (Phi) is 2.12. The molecule has 2 heterocycles. The summed E-state index contributed by atoms with van der Waals surface area (Å²) in [4.78, 5) is 17.9. The zero-order chi connectivity index (χ0) is 12.0. The van der Waals surface area contributed by atoms with E-state index >= 15 is 0 Å². The van der Waals surface area contributed by atoms with Crippen LogP contribution in [0.1, 0.15) is 0 Å². The van der Waals surface area contributed by atoms with E-state index in [0.717, 1.165) is 16.4 Å². The van der Waals surface area contributed by atoms with Crippen LogP contribution in [-0.2, 0) is 0 Å². The number of nitrogens with zero attached hydrogens (tertiary/aromatic N) is 2. The number of hydrogen-bond donors (Lipinski definition) is 1. The molecule has 0 aliphatic heterocycles. The summed E-state index contributed by atoms with van der Waals surface area (Å²) >= 11 is 3.22. The molecule has 5 nitrogen and oxygen atoms in total. The maximum atomic E-state index is 11.1. The number of aromatic nitrogens is 2. The van der Waals surface area contributed by atoms with Gasteiger partial charge in [-0.3, -0.25) is 15.1 Å². The molecule has 0 saturated carbocycles. The minimum Gasteiger partial charge on any atom is -0.353 e. The highest BCUT2D eigenvalue weighted by Gasteiger charge is 2.20. The highest BCUT2D eigenvalue weighted by atomic mass is 79.9. The van der Waals surface area contributed by atoms with Crippen LogP contribution in [0.2, 0.25) is 0 Å². The van der Waals surface area contributed by atoms with Gasteiger partial charge >= 0.3 is 0 Å². The fourth-order valence-electron chi connectivity index (χ4n) is 1.98. The first-order valence-electron chi connectivity index (χ1n) is 4.87. The smallest absolute Gasteiger partial charge is 0.293 e. The molecule has 0 fully saturated rings. The number of aromatic amines is 1. The van der Waals surface area contributed by atoms with Gasteiger partial charge in [-0.1, -0.05) is 0 Å². The third-order valence-corrected chi connectivity index (χ3v) is 3.31. The number of hydrogen-bond acceptors (Lipinski definition) is 3. The molecule has 84 valence electrons. The molecule has 3 rings (SSSR count). The molecule has 3 aromatic rings. The molecule has 0 radical (unpaired) electrons. The first-order valence-corrected chi connectivity index (χ1v) is 5.66. The van der Waals surface area contributed by atoms with Crippen molar-refractivity contribution in [2.75, 3.05) is 0 Å². The van der Waals surface area contributed by atoms with Crippen LogP contribution < -0.4 is 0 Å². The van der Waals surface area contributed by atoms with Crippen LogP contribution in [0.25, 0.3) is 21.8 Å². The lowest BCUT2D eigenvalue weighted by atomic mass is 10.1. The number of halogens is 1. The predicted molar refractivity (Wildman–Crippen MR) is 68.0 cm³/mol. The molecule has 0 amide bonds. The fraction of sp³-hybridized carbons (Fsp3) is 0. The van der Waals surface area contributed by atoms with Gasteiger partial charge in [0, 0.05) is 11.6 Å². The van der Waals surface area contributed by atoms with Crippen LogP contribution in [0.3, 0.4) is 0 Å². The molecular formula is C11H6BrN3O2. The van der Waals surface area contributed by atoms with Crippen LogP contribution in [0.4, 0.5) is 5.69 Å². The molecule has 1 aromatic carbocycles. The van der Waals surface area contributed by atoms with E-state index in [1.165, 1.54) is 0 Å². The predicted octanol–water partition coefficient (Wildman–Crippen LogP) is 3.39. The first-order chi connectivity index (χ1) is 8.18. The van der Waals surface area contributed by atoms with Gasteiger partial charge in [-0.25, -0.2) is 0 Å². The lowest BCUT2D eigenvalue weighted by molar-refractivity contribution is -0.383. The largest absolute Gasteiger partial charge is 0.353 e. The van der Waals surface area contributed by atoms with Crippen molar-refractivity contribution in [2.24, 2.45) is 0 Å². The van der Waals surface area contributed by atoms with Crippen molar-refractivity contribution in [3.8, 4) is 0 Å². The Balaban J connectivity index is 2.60. The zero-order valence-electron chi connectivity index (χ0n) is 8.48. The molecule has 17 heavy (non-hydrogen) atoms. The highest BCUT2D eigenvalue weighted by molar-refractivity contribution is 9.10. The molecule has 1 N–H and O–H groups in total. The number of nitro benzene ring substituents is 1. The Labute approximate surface area is 104 Å². The fourth-order valence-corrected chi connectivity index (χ4v) is 2.45. The van der Waals surface area contributed by atoms with Crippen LogP contribution in [0.5, 0.6) is 0 Å². The maximum Gasteiger partial charge on any atom is 0.293 e. The summed E-state index contributed by atoms with van der Waals surface area (Å²) in [5, 5.41) is 12.5. The molecule has 0 unspecified atom stereocenters. The molecule has 0 saturated heterocycles. The zero-order valence-corrected chi connectivity index (χ0v) is 10.1. The normalized spacial score (nSPS) is 11.1. The van der Waals surface area contributed by atoms with Crippen LogP contribution in [-0.4, -0.2) is 14.9 Å². The van der Waals surface area contributed by atoms with E-state index in [-0.39, 0.29) is 10.6 Å². The van der Waals surface area contributed by atoms with Gasteiger partial charge in [-0.15, -0.1) is 0 Å². The molecule has 0 spiro atoms. The van der Waals surface area contributed by atoms with Crippen LogP contribution >= 0.6 is 15.9 Å². The van der Waals surface area contributed by atoms with E-state index in [1.54, 1.807) is 24.5 Å². The molecular weight excluding hydrogens is 286 g/mol. The van der Waals surface area contributed by atoms with Crippen molar-refractivity contribution in [1.29, 1.82) is 0 Å². The Bertz CT molecular complexity index is 751. The Morgan fingerprint density at radius 1 is 1.29 bits per heavy atom. The number of fused-ring (bicyclic) bond motifs is 3. The van der Waals surface area contributed by atoms with Gasteiger partial charge in [0.05, 0.1) is 32.0 Å². The Morgan fingerprint density at radius 3 is 2.88 bits per heavy atom. The molecule has 2 aromatic heterocycles. The summed E-state index contributed by atoms with van der Waals surface area (Å²) in [5.74, 6) is 0. The number of pyridine rings is 1. The van der Waals surface area contributed by atoms with E-state index in [2.05, 4.69) is 25.9 Å². The van der Waals surface area contributed by atoms with Crippen LogP contribution in [0.15, 0.2) is 35.1 Å². The second kappa shape index (κ2) is 3.53. The van der Waals surface area contributed by atoms with Gasteiger partial charge in [-0.2, -0.15) is 0 Å². The van der Waals surface area contributed by atoms with Gasteiger partial charge in [-0.05, 0) is 34.1 Å². The molecule has 0 aliphatic rings. The second-order valence-corrected chi connectivity index (χ2v) is 4.48. The average Bonchev–Trinajstić information content (AvgIpc) is 2.67. The maximum absolute atomic E-state index is 11.1. The van der Waals surface area contributed by atoms with E-state index in [0.29, 0.717) is 9.86 Å². The van der Waals surface area contributed by atoms with Gasteiger partial charge in [0.2, 0.25) is 0 Å². The van der Waals surface area contributed by atoms with Crippen molar-refractivity contribution < 1.29 is 4.92 Å². The molecule has 0 aliphatic carbocycles. The molecule has 0 atom stereocenters. The lowest BCUT2D eigenvalue weighted by Gasteiger charge is -1.97. The number of nitro groups is 1.